The van der Waals surface area contributed by atoms with Crippen LogP contribution in [0.4, 0.5) is 0 Å². The predicted molar refractivity (Wildman–Crippen MR) is 108 cm³/mol. The third kappa shape index (κ3) is 3.81. The Labute approximate surface area is 159 Å². The zero-order chi connectivity index (χ0) is 18.9. The van der Waals surface area contributed by atoms with Gasteiger partial charge < -0.3 is 0 Å². The number of para-hydroxylation sites is 2. The molecule has 0 N–H and O–H groups in total. The first-order valence-electron chi connectivity index (χ1n) is 9.25. The Balaban J connectivity index is 1.64. The lowest BCUT2D eigenvalue weighted by Gasteiger charge is -2.38. The van der Waals surface area contributed by atoms with Crippen LogP contribution < -0.4 is 0 Å². The highest BCUT2D eigenvalue weighted by Gasteiger charge is 2.37. The first-order chi connectivity index (χ1) is 13.0. The number of nitrogens with zero attached hydrogens (tertiary/aromatic N) is 3. The summed E-state index contributed by atoms with van der Waals surface area (Å²) in [5.41, 5.74) is 4.08. The highest BCUT2D eigenvalue weighted by Crippen LogP contribution is 2.30. The molecule has 0 unspecified atom stereocenters. The molecule has 1 saturated heterocycles. The molecule has 4 rings (SSSR count). The van der Waals surface area contributed by atoms with Gasteiger partial charge >= 0.3 is 0 Å². The van der Waals surface area contributed by atoms with Gasteiger partial charge in [0, 0.05) is 30.6 Å². The monoisotopic (exact) mass is 357 g/mol. The molecule has 3 aromatic rings. The summed E-state index contributed by atoms with van der Waals surface area (Å²) in [6, 6.07) is 18.2. The number of Topliss-reactive ketones (excluding diaryl/α,β-unsaturated/α-hetero) is 1. The molecule has 0 amide bonds. The van der Waals surface area contributed by atoms with Gasteiger partial charge in [-0.3, -0.25) is 14.7 Å². The van der Waals surface area contributed by atoms with E-state index in [0.29, 0.717) is 6.54 Å². The fourth-order valence-corrected chi connectivity index (χ4v) is 3.72. The number of carbonyl (C=O) groups excluding carboxylic acids is 1. The van der Waals surface area contributed by atoms with Crippen LogP contribution in [0.3, 0.4) is 0 Å². The van der Waals surface area contributed by atoms with Crippen molar-refractivity contribution in [1.29, 1.82) is 0 Å². The Morgan fingerprint density at radius 1 is 1.04 bits per heavy atom. The van der Waals surface area contributed by atoms with Crippen molar-refractivity contribution in [2.24, 2.45) is 5.41 Å². The summed E-state index contributed by atoms with van der Waals surface area (Å²) < 4.78 is 0. The molecule has 0 saturated carbocycles. The number of fused-ring (bicyclic) bond motifs is 1. The fourth-order valence-electron chi connectivity index (χ4n) is 3.72. The second kappa shape index (κ2) is 7.05. The molecule has 1 aromatic heterocycles. The van der Waals surface area contributed by atoms with Crippen LogP contribution in [0.25, 0.3) is 17.1 Å². The van der Waals surface area contributed by atoms with Crippen molar-refractivity contribution in [2.45, 2.75) is 20.4 Å². The smallest absolute Gasteiger partial charge is 0.167 e. The minimum atomic E-state index is -0.414. The molecule has 4 heteroatoms. The maximum Gasteiger partial charge on any atom is 0.167 e. The first-order valence-corrected chi connectivity index (χ1v) is 9.25. The number of likely N-dealkylation sites (tertiary alicyclic amines) is 1. The minimum absolute atomic E-state index is 0.196. The fraction of sp³-hybridized carbons (Fsp3) is 0.261. The van der Waals surface area contributed by atoms with Gasteiger partial charge in [-0.2, -0.15) is 0 Å². The van der Waals surface area contributed by atoms with Crippen molar-refractivity contribution < 1.29 is 4.79 Å². The molecule has 2 aromatic carbocycles. The Kier molecular flexibility index (Phi) is 4.58. The van der Waals surface area contributed by atoms with Crippen LogP contribution in [0.2, 0.25) is 0 Å². The van der Waals surface area contributed by atoms with Crippen molar-refractivity contribution >= 4 is 22.9 Å². The average Bonchev–Trinajstić information content (AvgIpc) is 2.66. The molecule has 0 radical (unpaired) electrons. The molecule has 0 aliphatic carbocycles. The van der Waals surface area contributed by atoms with Gasteiger partial charge in [0.05, 0.1) is 22.9 Å². The second-order valence-corrected chi connectivity index (χ2v) is 7.80. The van der Waals surface area contributed by atoms with Gasteiger partial charge in [0.25, 0.3) is 0 Å². The SMILES string of the molecule is CC1(C)CN(Cc2ccccc2)CC(=Cc2cnc3ccccc3n2)C1=O. The molecule has 0 spiro atoms. The van der Waals surface area contributed by atoms with Gasteiger partial charge in [-0.15, -0.1) is 0 Å². The Morgan fingerprint density at radius 2 is 1.74 bits per heavy atom. The Morgan fingerprint density at radius 3 is 2.52 bits per heavy atom. The zero-order valence-electron chi connectivity index (χ0n) is 15.7. The van der Waals surface area contributed by atoms with Gasteiger partial charge in [0.2, 0.25) is 0 Å². The van der Waals surface area contributed by atoms with Gasteiger partial charge in [0.15, 0.2) is 5.78 Å². The molecule has 2 heterocycles. The summed E-state index contributed by atoms with van der Waals surface area (Å²) in [4.78, 5) is 24.4. The summed E-state index contributed by atoms with van der Waals surface area (Å²) in [5.74, 6) is 0.196. The molecule has 136 valence electrons. The summed E-state index contributed by atoms with van der Waals surface area (Å²) in [6.07, 6.45) is 3.65. The van der Waals surface area contributed by atoms with Crippen molar-refractivity contribution in [3.63, 3.8) is 0 Å². The predicted octanol–water partition coefficient (Wildman–Crippen LogP) is 4.12. The van der Waals surface area contributed by atoms with Gasteiger partial charge in [0.1, 0.15) is 0 Å². The third-order valence-corrected chi connectivity index (χ3v) is 4.96. The number of rotatable bonds is 3. The Hall–Kier alpha value is -2.85. The van der Waals surface area contributed by atoms with E-state index < -0.39 is 5.41 Å². The number of benzene rings is 2. The summed E-state index contributed by atoms with van der Waals surface area (Å²) in [6.45, 7) is 6.25. The van der Waals surface area contributed by atoms with E-state index in [1.807, 2.05) is 50.3 Å². The first kappa shape index (κ1) is 17.6. The minimum Gasteiger partial charge on any atom is -0.294 e. The average molecular weight is 357 g/mol. The van der Waals surface area contributed by atoms with Crippen molar-refractivity contribution in [3.8, 4) is 0 Å². The van der Waals surface area contributed by atoms with Crippen LogP contribution in [0, 0.1) is 5.41 Å². The molecule has 0 bridgehead atoms. The molecule has 1 aliphatic rings. The zero-order valence-corrected chi connectivity index (χ0v) is 15.7. The van der Waals surface area contributed by atoms with Crippen LogP contribution in [-0.4, -0.2) is 33.7 Å². The number of hydrogen-bond donors (Lipinski definition) is 0. The van der Waals surface area contributed by atoms with E-state index in [4.69, 9.17) is 0 Å². The van der Waals surface area contributed by atoms with Gasteiger partial charge in [-0.1, -0.05) is 56.3 Å². The molecule has 1 fully saturated rings. The topological polar surface area (TPSA) is 46.1 Å². The van der Waals surface area contributed by atoms with Gasteiger partial charge in [-0.05, 0) is 23.8 Å². The van der Waals surface area contributed by atoms with Crippen molar-refractivity contribution in [3.05, 3.63) is 77.6 Å². The van der Waals surface area contributed by atoms with E-state index in [0.717, 1.165) is 35.4 Å². The van der Waals surface area contributed by atoms with E-state index >= 15 is 0 Å². The number of ketones is 1. The molecular weight excluding hydrogens is 334 g/mol. The van der Waals surface area contributed by atoms with Gasteiger partial charge in [-0.25, -0.2) is 4.98 Å². The summed E-state index contributed by atoms with van der Waals surface area (Å²) in [7, 11) is 0. The highest BCUT2D eigenvalue weighted by molar-refractivity contribution is 6.04. The Bertz CT molecular complexity index is 1010. The number of hydrogen-bond acceptors (Lipinski definition) is 4. The standard InChI is InChI=1S/C23H23N3O/c1-23(2)16-26(14-17-8-4-3-5-9-17)15-18(22(23)27)12-19-13-24-20-10-6-7-11-21(20)25-19/h3-13H,14-16H2,1-2H3. The van der Waals surface area contributed by atoms with Crippen molar-refractivity contribution in [1.82, 2.24) is 14.9 Å². The molecule has 0 atom stereocenters. The summed E-state index contributed by atoms with van der Waals surface area (Å²) >= 11 is 0. The quantitative estimate of drug-likeness (QED) is 0.662. The third-order valence-electron chi connectivity index (χ3n) is 4.96. The lowest BCUT2D eigenvalue weighted by Crippen LogP contribution is -2.47. The van der Waals surface area contributed by atoms with Crippen LogP contribution in [0.15, 0.2) is 66.4 Å². The van der Waals surface area contributed by atoms with E-state index in [2.05, 4.69) is 39.1 Å². The van der Waals surface area contributed by atoms with E-state index in [1.165, 1.54) is 5.56 Å². The summed E-state index contributed by atoms with van der Waals surface area (Å²) in [5, 5.41) is 0. The number of piperidine rings is 1. The highest BCUT2D eigenvalue weighted by atomic mass is 16.1. The van der Waals surface area contributed by atoms with Crippen LogP contribution in [-0.2, 0) is 11.3 Å². The van der Waals surface area contributed by atoms with E-state index in [1.54, 1.807) is 6.20 Å². The number of carbonyl (C=O) groups is 1. The maximum absolute atomic E-state index is 13.0. The van der Waals surface area contributed by atoms with E-state index in [9.17, 15) is 4.79 Å². The van der Waals surface area contributed by atoms with Crippen LogP contribution in [0.5, 0.6) is 0 Å². The molecule has 4 nitrogen and oxygen atoms in total. The largest absolute Gasteiger partial charge is 0.294 e. The normalized spacial score (nSPS) is 18.9. The van der Waals surface area contributed by atoms with E-state index in [-0.39, 0.29) is 5.78 Å². The number of aromatic nitrogens is 2. The lowest BCUT2D eigenvalue weighted by atomic mass is 9.79. The van der Waals surface area contributed by atoms with Crippen molar-refractivity contribution in [2.75, 3.05) is 13.1 Å². The lowest BCUT2D eigenvalue weighted by molar-refractivity contribution is -0.126. The maximum atomic E-state index is 13.0. The van der Waals surface area contributed by atoms with Crippen LogP contribution >= 0.6 is 0 Å². The molecule has 1 aliphatic heterocycles. The molecular formula is C23H23N3O. The second-order valence-electron chi connectivity index (χ2n) is 7.80. The molecule has 27 heavy (non-hydrogen) atoms. The van der Waals surface area contributed by atoms with Crippen LogP contribution in [0.1, 0.15) is 25.1 Å².